The maximum absolute atomic E-state index is 6.39. The Hall–Kier alpha value is -7.40. The van der Waals surface area contributed by atoms with E-state index in [1.807, 2.05) is 0 Å². The van der Waals surface area contributed by atoms with Gasteiger partial charge in [-0.15, -0.1) is 0 Å². The lowest BCUT2D eigenvalue weighted by Crippen LogP contribution is -2.36. The zero-order valence-corrected chi connectivity index (χ0v) is 54.8. The Morgan fingerprint density at radius 1 is 0.250 bits per heavy atom. The molecule has 8 bridgehead atoms. The summed E-state index contributed by atoms with van der Waals surface area (Å²) in [6, 6.07) is 52.3. The average Bonchev–Trinajstić information content (AvgIpc) is 1.84. The van der Waals surface area contributed by atoms with Gasteiger partial charge in [0.15, 0.2) is 0 Å². The molecule has 0 unspecified atom stereocenters. The van der Waals surface area contributed by atoms with Gasteiger partial charge in [-0.3, -0.25) is 0 Å². The van der Waals surface area contributed by atoms with Gasteiger partial charge in [-0.05, 0) is 132 Å². The number of hydrogen-bond acceptors (Lipinski definition) is 4. The molecule has 8 aromatic rings. The number of fused-ring (bicyclic) bond motifs is 8. The van der Waals surface area contributed by atoms with Crippen molar-refractivity contribution in [2.45, 2.75) is 142 Å². The minimum absolute atomic E-state index is 0.666. The van der Waals surface area contributed by atoms with E-state index < -0.39 is 0 Å². The summed E-state index contributed by atoms with van der Waals surface area (Å²) in [5.74, 6) is 3.50. The number of quaternary nitrogens is 2. The zero-order valence-electron chi connectivity index (χ0n) is 54.8. The topological polar surface area (TPSA) is 100 Å². The van der Waals surface area contributed by atoms with E-state index in [2.05, 4.69) is 222 Å². The van der Waals surface area contributed by atoms with Gasteiger partial charge in [0.25, 0.3) is 0 Å². The highest BCUT2D eigenvalue weighted by atomic mass is 16.5. The highest BCUT2D eigenvalue weighted by Gasteiger charge is 2.20. The van der Waals surface area contributed by atoms with Crippen molar-refractivity contribution in [1.82, 2.24) is 19.9 Å². The Bertz CT molecular complexity index is 3390. The maximum atomic E-state index is 6.39. The van der Waals surface area contributed by atoms with Gasteiger partial charge in [0, 0.05) is 79.3 Å². The molecular formula is C78H104N6O4+2. The second kappa shape index (κ2) is 32.7. The molecule has 1 aliphatic rings. The first kappa shape index (κ1) is 65.1. The van der Waals surface area contributed by atoms with Crippen LogP contribution in [0.3, 0.4) is 0 Å². The first-order chi connectivity index (χ1) is 42.8. The summed E-state index contributed by atoms with van der Waals surface area (Å²) >= 11 is 0. The number of unbranched alkanes of at least 4 members (excludes halogenated alkanes) is 16. The number of nitrogens with zero attached hydrogens (tertiary/aromatic N) is 2. The molecule has 88 heavy (non-hydrogen) atoms. The zero-order chi connectivity index (χ0) is 61.6. The van der Waals surface area contributed by atoms with Crippen molar-refractivity contribution in [3.05, 3.63) is 212 Å². The molecule has 4 N–H and O–H groups in total. The van der Waals surface area contributed by atoms with E-state index in [4.69, 9.17) is 18.9 Å². The van der Waals surface area contributed by atoms with Gasteiger partial charge in [-0.25, -0.2) is 0 Å². The van der Waals surface area contributed by atoms with Gasteiger partial charge in [0.1, 0.15) is 23.0 Å². The molecule has 4 aromatic heterocycles. The lowest BCUT2D eigenvalue weighted by Gasteiger charge is -2.23. The van der Waals surface area contributed by atoms with Crippen molar-refractivity contribution in [2.75, 3.05) is 81.8 Å². The van der Waals surface area contributed by atoms with Crippen LogP contribution in [0.1, 0.15) is 187 Å². The van der Waals surface area contributed by atoms with Crippen LogP contribution in [0.4, 0.5) is 0 Å². The molecule has 1 aliphatic heterocycles. The van der Waals surface area contributed by atoms with Gasteiger partial charge in [-0.1, -0.05) is 165 Å². The quantitative estimate of drug-likeness (QED) is 0.0232. The maximum Gasteiger partial charge on any atom is 0.119 e. The predicted octanol–water partition coefficient (Wildman–Crippen LogP) is 15.1. The van der Waals surface area contributed by atoms with Crippen LogP contribution < -0.4 is 40.3 Å². The smallest absolute Gasteiger partial charge is 0.119 e. The molecule has 0 amide bonds. The third-order valence-corrected chi connectivity index (χ3v) is 17.0. The number of rotatable bonds is 36. The molecule has 9 rings (SSSR count). The first-order valence-corrected chi connectivity index (χ1v) is 33.6. The number of ether oxygens (including phenoxy) is 4. The van der Waals surface area contributed by atoms with Crippen molar-refractivity contribution >= 4 is 22.3 Å². The third-order valence-electron chi connectivity index (χ3n) is 17.0. The molecule has 4 aromatic carbocycles. The molecule has 0 saturated carbocycles. The lowest BCUT2D eigenvalue weighted by molar-refractivity contribution is -0.870. The summed E-state index contributed by atoms with van der Waals surface area (Å²) in [7, 11) is 13.3. The summed E-state index contributed by atoms with van der Waals surface area (Å²) in [5, 5.41) is 3.95. The largest absolute Gasteiger partial charge is 0.494 e. The molecule has 0 aliphatic carbocycles. The molecule has 10 heteroatoms. The fourth-order valence-corrected chi connectivity index (χ4v) is 12.1. The first-order valence-electron chi connectivity index (χ1n) is 33.6. The van der Waals surface area contributed by atoms with Gasteiger partial charge in [0.2, 0.25) is 0 Å². The van der Waals surface area contributed by atoms with Crippen molar-refractivity contribution in [3.63, 3.8) is 0 Å². The molecular weight excluding hydrogens is 1080 g/mol. The number of aromatic amines is 4. The molecule has 0 spiro atoms. The molecule has 0 fully saturated rings. The molecule has 10 nitrogen and oxygen atoms in total. The Morgan fingerprint density at radius 2 is 0.477 bits per heavy atom. The third kappa shape index (κ3) is 19.3. The van der Waals surface area contributed by atoms with E-state index in [1.165, 1.54) is 103 Å². The van der Waals surface area contributed by atoms with Crippen molar-refractivity contribution in [2.24, 2.45) is 0 Å². The monoisotopic (exact) mass is 1190 g/mol. The van der Waals surface area contributed by atoms with Crippen LogP contribution >= 0.6 is 0 Å². The minimum Gasteiger partial charge on any atom is -0.494 e. The second-order valence-corrected chi connectivity index (χ2v) is 26.5. The Labute approximate surface area is 526 Å². The average molecular weight is 1190 g/mol. The van der Waals surface area contributed by atoms with E-state index in [1.54, 1.807) is 0 Å². The minimum atomic E-state index is 0.666. The molecule has 468 valence electrons. The van der Waals surface area contributed by atoms with Gasteiger partial charge in [0.05, 0.1) is 81.8 Å². The number of benzene rings is 4. The summed E-state index contributed by atoms with van der Waals surface area (Å²) in [6.07, 6.45) is 25.1. The Balaban J connectivity index is 1.11. The van der Waals surface area contributed by atoms with Gasteiger partial charge >= 0.3 is 0 Å². The van der Waals surface area contributed by atoms with Crippen LogP contribution in [0, 0.1) is 0 Å². The van der Waals surface area contributed by atoms with Crippen LogP contribution in [0.2, 0.25) is 0 Å². The summed E-state index contributed by atoms with van der Waals surface area (Å²) in [4.78, 5) is 16.0. The Morgan fingerprint density at radius 3 is 0.716 bits per heavy atom. The number of aromatic nitrogens is 4. The second-order valence-electron chi connectivity index (χ2n) is 26.5. The normalized spacial score (nSPS) is 12.7. The van der Waals surface area contributed by atoms with Crippen LogP contribution in [0.5, 0.6) is 23.0 Å². The molecule has 0 atom stereocenters. The van der Waals surface area contributed by atoms with Crippen LogP contribution in [0.15, 0.2) is 146 Å². The fraction of sp³-hybridized carbons (Fsp3) is 0.436. The molecule has 5 heterocycles. The Kier molecular flexibility index (Phi) is 24.2. The van der Waals surface area contributed by atoms with E-state index in [-0.39, 0.29) is 0 Å². The van der Waals surface area contributed by atoms with E-state index >= 15 is 0 Å². The van der Waals surface area contributed by atoms with E-state index in [9.17, 15) is 0 Å². The van der Waals surface area contributed by atoms with E-state index in [0.29, 0.717) is 13.2 Å². The fourth-order valence-electron chi connectivity index (χ4n) is 12.1. The molecule has 0 radical (unpaired) electrons. The highest BCUT2D eigenvalue weighted by Crippen LogP contribution is 2.31. The van der Waals surface area contributed by atoms with Crippen LogP contribution in [0.25, 0.3) is 22.3 Å². The van der Waals surface area contributed by atoms with E-state index in [0.717, 1.165) is 173 Å². The predicted molar refractivity (Wildman–Crippen MR) is 365 cm³/mol. The van der Waals surface area contributed by atoms with Crippen molar-refractivity contribution in [1.29, 1.82) is 0 Å². The number of hydrogen-bond donors (Lipinski definition) is 4. The van der Waals surface area contributed by atoms with Crippen molar-refractivity contribution in [3.8, 4) is 23.0 Å². The SMILES string of the molecule is CCCCCCCCCCCOc1ccc(C2=c3ccc([nH]3)=C(c3ccc(OCCC[N+](C)(C)C)cc3)c3ccc([nH]3)C(c3ccc(OCCC[N+](C)(C)C)cc3)=c3ccc([nH]3)=C(c3ccc(OCCCCCCCCCCC)cc3)c3ccc2[nH]3)cc1. The van der Waals surface area contributed by atoms with Crippen molar-refractivity contribution < 1.29 is 27.9 Å². The number of nitrogens with one attached hydrogen (secondary N) is 4. The lowest BCUT2D eigenvalue weighted by atomic mass is 10.0. The summed E-state index contributed by atoms with van der Waals surface area (Å²) in [6.45, 7) is 9.43. The van der Waals surface area contributed by atoms with Gasteiger partial charge < -0.3 is 47.8 Å². The van der Waals surface area contributed by atoms with Gasteiger partial charge in [-0.2, -0.15) is 0 Å². The standard InChI is InChI=1S/C78H104N6O4/c1-9-11-13-15-17-19-21-23-25-55-85-63-37-29-59(30-38-63)75-67-45-46-68(79-67)76(60-31-39-64(40-32-60)86-56-26-24-22-20-18-16-14-12-10-2)70-48-50-72(81-70)78(62-35-43-66(44-36-62)88-58-28-54-84(6,7)8)74-52-51-73(82-74)77(71-49-47-69(75)80-71)61-33-41-65(42-34-61)87-57-27-53-83(3,4)5/h29-52,79-82H,9-28,53-58H2,1-8H3/q+2. The number of H-pyrrole nitrogens is 4. The van der Waals surface area contributed by atoms with Crippen LogP contribution in [-0.2, 0) is 0 Å². The van der Waals surface area contributed by atoms with Crippen LogP contribution in [-0.4, -0.2) is 111 Å². The molecule has 0 saturated heterocycles. The highest BCUT2D eigenvalue weighted by molar-refractivity contribution is 5.85. The summed E-state index contributed by atoms with van der Waals surface area (Å²) in [5.41, 5.74) is 12.4. The summed E-state index contributed by atoms with van der Waals surface area (Å²) < 4.78 is 27.3.